The highest BCUT2D eigenvalue weighted by atomic mass is 15.2. The maximum atomic E-state index is 9.27. The second-order valence-corrected chi connectivity index (χ2v) is 8.87. The van der Waals surface area contributed by atoms with Crippen LogP contribution in [0.1, 0.15) is 12.0 Å². The Bertz CT molecular complexity index is 1510. The van der Waals surface area contributed by atoms with Gasteiger partial charge in [0.15, 0.2) is 0 Å². The molecule has 1 N–H and O–H groups in total. The molecule has 1 saturated heterocycles. The molecule has 5 aromatic rings. The Morgan fingerprint density at radius 1 is 1.12 bits per heavy atom. The van der Waals surface area contributed by atoms with Crippen molar-refractivity contribution in [2.45, 2.75) is 13.0 Å². The molecule has 0 spiro atoms. The van der Waals surface area contributed by atoms with Crippen LogP contribution < -0.4 is 5.32 Å². The maximum Gasteiger partial charge on any atom is 0.0991 e. The van der Waals surface area contributed by atoms with Crippen molar-refractivity contribution in [2.24, 2.45) is 13.0 Å². The number of nitriles is 1. The van der Waals surface area contributed by atoms with Crippen LogP contribution in [0.4, 0.5) is 0 Å². The third-order valence-electron chi connectivity index (χ3n) is 6.64. The van der Waals surface area contributed by atoms with E-state index >= 15 is 0 Å². The lowest BCUT2D eigenvalue weighted by Gasteiger charge is -2.14. The number of hydrogen-bond donors (Lipinski definition) is 1. The smallest absolute Gasteiger partial charge is 0.0991 e. The summed E-state index contributed by atoms with van der Waals surface area (Å²) in [4.78, 5) is 4.99. The van der Waals surface area contributed by atoms with E-state index in [0.717, 1.165) is 58.4 Å². The van der Waals surface area contributed by atoms with Gasteiger partial charge in [-0.1, -0.05) is 18.2 Å². The molecule has 162 valence electrons. The molecule has 1 aliphatic heterocycles. The van der Waals surface area contributed by atoms with Crippen LogP contribution in [-0.2, 0) is 13.6 Å². The average molecular weight is 433 g/mol. The molecule has 0 radical (unpaired) electrons. The van der Waals surface area contributed by atoms with Gasteiger partial charge in [-0.25, -0.2) is 0 Å². The third kappa shape index (κ3) is 3.47. The molecule has 0 aliphatic carbocycles. The van der Waals surface area contributed by atoms with Gasteiger partial charge in [-0.3, -0.25) is 9.67 Å². The highest BCUT2D eigenvalue weighted by molar-refractivity contribution is 6.02. The summed E-state index contributed by atoms with van der Waals surface area (Å²) in [5, 5.41) is 19.5. The van der Waals surface area contributed by atoms with Crippen molar-refractivity contribution in [2.75, 3.05) is 13.1 Å². The summed E-state index contributed by atoms with van der Waals surface area (Å²) < 4.78 is 4.17. The molecule has 2 aromatic carbocycles. The first-order valence-electron chi connectivity index (χ1n) is 11.3. The van der Waals surface area contributed by atoms with Crippen LogP contribution in [0.5, 0.6) is 0 Å². The minimum absolute atomic E-state index is 0.645. The van der Waals surface area contributed by atoms with Gasteiger partial charge in [0.2, 0.25) is 0 Å². The van der Waals surface area contributed by atoms with E-state index < -0.39 is 0 Å². The van der Waals surface area contributed by atoms with E-state index in [1.807, 2.05) is 48.4 Å². The number of benzene rings is 2. The van der Waals surface area contributed by atoms with Gasteiger partial charge in [-0.05, 0) is 61.3 Å². The fourth-order valence-corrected chi connectivity index (χ4v) is 4.98. The zero-order valence-electron chi connectivity index (χ0n) is 18.5. The standard InChI is InChI=1S/C27H24N6/c1-32-17-22-12-21(6-7-24(22)31-32)27-26(20-4-2-18(13-28)3-5-20)23-9-11-33(25(23)15-30-27)16-19-8-10-29-14-19/h2-7,9,11-12,15,17,19,29H,8,10,14,16H2,1H3/t19-/m1/s1. The van der Waals surface area contributed by atoms with Gasteiger partial charge in [-0.2, -0.15) is 10.4 Å². The zero-order valence-corrected chi connectivity index (χ0v) is 18.5. The molecule has 6 heteroatoms. The lowest BCUT2D eigenvalue weighted by atomic mass is 9.95. The quantitative estimate of drug-likeness (QED) is 0.445. The molecule has 0 unspecified atom stereocenters. The van der Waals surface area contributed by atoms with Crippen LogP contribution in [0.25, 0.3) is 44.2 Å². The van der Waals surface area contributed by atoms with Gasteiger partial charge in [-0.15, -0.1) is 0 Å². The second kappa shape index (κ2) is 7.88. The predicted molar refractivity (Wildman–Crippen MR) is 131 cm³/mol. The molecule has 6 nitrogen and oxygen atoms in total. The molecular weight excluding hydrogens is 408 g/mol. The maximum absolute atomic E-state index is 9.27. The second-order valence-electron chi connectivity index (χ2n) is 8.87. The van der Waals surface area contributed by atoms with Crippen LogP contribution in [-0.4, -0.2) is 32.4 Å². The third-order valence-corrected chi connectivity index (χ3v) is 6.64. The summed E-state index contributed by atoms with van der Waals surface area (Å²) in [5.41, 5.74) is 6.94. The van der Waals surface area contributed by atoms with Gasteiger partial charge >= 0.3 is 0 Å². The number of pyridine rings is 1. The number of nitrogens with one attached hydrogen (secondary N) is 1. The monoisotopic (exact) mass is 432 g/mol. The van der Waals surface area contributed by atoms with Gasteiger partial charge in [0.25, 0.3) is 0 Å². The van der Waals surface area contributed by atoms with Crippen LogP contribution in [0.15, 0.2) is 67.1 Å². The number of aryl methyl sites for hydroxylation is 1. The molecule has 33 heavy (non-hydrogen) atoms. The predicted octanol–water partition coefficient (Wildman–Crippen LogP) is 4.74. The SMILES string of the molecule is Cn1cc2cc(-c3ncc4c(ccn4C[C@@H]4CCNC4)c3-c3ccc(C#N)cc3)ccc2n1. The fourth-order valence-electron chi connectivity index (χ4n) is 4.98. The van der Waals surface area contributed by atoms with Crippen LogP contribution in [0.2, 0.25) is 0 Å². The van der Waals surface area contributed by atoms with Gasteiger partial charge in [0, 0.05) is 47.9 Å². The molecule has 6 rings (SSSR count). The van der Waals surface area contributed by atoms with Crippen molar-refractivity contribution in [3.63, 3.8) is 0 Å². The van der Waals surface area contributed by atoms with Crippen molar-refractivity contribution in [1.82, 2.24) is 24.6 Å². The van der Waals surface area contributed by atoms with Crippen molar-refractivity contribution in [3.8, 4) is 28.5 Å². The van der Waals surface area contributed by atoms with Gasteiger partial charge < -0.3 is 9.88 Å². The summed E-state index contributed by atoms with van der Waals surface area (Å²) in [7, 11) is 1.94. The number of hydrogen-bond acceptors (Lipinski definition) is 4. The molecule has 1 aliphatic rings. The highest BCUT2D eigenvalue weighted by Crippen LogP contribution is 2.38. The Morgan fingerprint density at radius 3 is 2.76 bits per heavy atom. The Hall–Kier alpha value is -3.95. The van der Waals surface area contributed by atoms with Crippen molar-refractivity contribution < 1.29 is 0 Å². The first-order chi connectivity index (χ1) is 16.2. The topological polar surface area (TPSA) is 71.5 Å². The van der Waals surface area contributed by atoms with Crippen LogP contribution in [0, 0.1) is 17.2 Å². The van der Waals surface area contributed by atoms with Crippen molar-refractivity contribution >= 4 is 21.8 Å². The Balaban J connectivity index is 1.54. The van der Waals surface area contributed by atoms with E-state index in [0.29, 0.717) is 11.5 Å². The number of aromatic nitrogens is 4. The summed E-state index contributed by atoms with van der Waals surface area (Å²) in [6.07, 6.45) is 7.43. The summed E-state index contributed by atoms with van der Waals surface area (Å²) in [6, 6.07) is 18.5. The molecule has 0 bridgehead atoms. The molecule has 1 atom stereocenters. The summed E-state index contributed by atoms with van der Waals surface area (Å²) in [6.45, 7) is 3.16. The molecule has 0 amide bonds. The minimum Gasteiger partial charge on any atom is -0.346 e. The van der Waals surface area contributed by atoms with Gasteiger partial charge in [0.05, 0.1) is 34.6 Å². The Morgan fingerprint density at radius 2 is 1.97 bits per heavy atom. The molecule has 0 saturated carbocycles. The molecule has 1 fully saturated rings. The van der Waals surface area contributed by atoms with E-state index in [-0.39, 0.29) is 0 Å². The number of rotatable bonds is 4. The summed E-state index contributed by atoms with van der Waals surface area (Å²) >= 11 is 0. The van der Waals surface area contributed by atoms with Crippen molar-refractivity contribution in [1.29, 1.82) is 5.26 Å². The van der Waals surface area contributed by atoms with E-state index in [1.165, 1.54) is 11.8 Å². The lowest BCUT2D eigenvalue weighted by Crippen LogP contribution is -2.14. The minimum atomic E-state index is 0.645. The van der Waals surface area contributed by atoms with Crippen LogP contribution >= 0.6 is 0 Å². The van der Waals surface area contributed by atoms with E-state index in [4.69, 9.17) is 4.98 Å². The van der Waals surface area contributed by atoms with Crippen LogP contribution in [0.3, 0.4) is 0 Å². The summed E-state index contributed by atoms with van der Waals surface area (Å²) in [5.74, 6) is 0.645. The zero-order chi connectivity index (χ0) is 22.4. The average Bonchev–Trinajstić information content (AvgIpc) is 3.58. The first-order valence-corrected chi connectivity index (χ1v) is 11.3. The fraction of sp³-hybridized carbons (Fsp3) is 0.222. The van der Waals surface area contributed by atoms with E-state index in [1.54, 1.807) is 0 Å². The largest absolute Gasteiger partial charge is 0.346 e. The first kappa shape index (κ1) is 19.7. The van der Waals surface area contributed by atoms with E-state index in [2.05, 4.69) is 51.5 Å². The lowest BCUT2D eigenvalue weighted by molar-refractivity contribution is 0.491. The van der Waals surface area contributed by atoms with Crippen molar-refractivity contribution in [3.05, 3.63) is 72.7 Å². The molecular formula is C27H24N6. The van der Waals surface area contributed by atoms with E-state index in [9.17, 15) is 5.26 Å². The Kier molecular flexibility index (Phi) is 4.70. The van der Waals surface area contributed by atoms with Gasteiger partial charge in [0.1, 0.15) is 0 Å². The molecule has 4 heterocycles. The molecule has 3 aromatic heterocycles. The highest BCUT2D eigenvalue weighted by Gasteiger charge is 2.19. The number of nitrogens with zero attached hydrogens (tertiary/aromatic N) is 5. The number of fused-ring (bicyclic) bond motifs is 2. The Labute approximate surface area is 192 Å². The normalized spacial score (nSPS) is 15.9.